The van der Waals surface area contributed by atoms with Crippen molar-refractivity contribution in [2.24, 2.45) is 5.41 Å². The molecule has 1 fully saturated rings. The lowest BCUT2D eigenvalue weighted by Gasteiger charge is -2.22. The van der Waals surface area contributed by atoms with Crippen molar-refractivity contribution < 1.29 is 9.53 Å². The highest BCUT2D eigenvalue weighted by molar-refractivity contribution is 5.96. The Morgan fingerprint density at radius 1 is 1.47 bits per heavy atom. The minimum Gasteiger partial charge on any atom is -0.491 e. The molecule has 0 bridgehead atoms. The lowest BCUT2D eigenvalue weighted by molar-refractivity contribution is -0.123. The second-order valence-corrected chi connectivity index (χ2v) is 5.29. The van der Waals surface area contributed by atoms with Crippen molar-refractivity contribution in [3.05, 3.63) is 24.3 Å². The number of carbonyl (C=O) groups excluding carboxylic acids is 1. The molecule has 1 amide bonds. The van der Waals surface area contributed by atoms with E-state index >= 15 is 0 Å². The van der Waals surface area contributed by atoms with Crippen molar-refractivity contribution in [1.82, 2.24) is 5.32 Å². The number of nitrogens with one attached hydrogen (secondary N) is 2. The van der Waals surface area contributed by atoms with E-state index in [1.807, 2.05) is 31.2 Å². The first-order chi connectivity index (χ1) is 9.15. The number of hydrogen-bond donors (Lipinski definition) is 2. The molecular weight excluding hydrogens is 240 g/mol. The van der Waals surface area contributed by atoms with Gasteiger partial charge in [0.25, 0.3) is 0 Å². The van der Waals surface area contributed by atoms with Crippen LogP contribution in [0.2, 0.25) is 0 Å². The summed E-state index contributed by atoms with van der Waals surface area (Å²) in [6.07, 6.45) is 1.82. The Balaban J connectivity index is 2.07. The van der Waals surface area contributed by atoms with E-state index in [2.05, 4.69) is 17.6 Å². The standard InChI is InChI=1S/C15H22N2O2/c1-3-10-19-13-7-5-4-6-12(13)17-14(18)15(2)8-9-16-11-15/h4-7,16H,3,8-11H2,1-2H3,(H,17,18). The first-order valence-electron chi connectivity index (χ1n) is 6.90. The summed E-state index contributed by atoms with van der Waals surface area (Å²) >= 11 is 0. The predicted molar refractivity (Wildman–Crippen MR) is 76.5 cm³/mol. The summed E-state index contributed by atoms with van der Waals surface area (Å²) in [6.45, 7) is 6.35. The zero-order chi connectivity index (χ0) is 13.7. The van der Waals surface area contributed by atoms with Crippen LogP contribution < -0.4 is 15.4 Å². The molecular formula is C15H22N2O2. The molecule has 19 heavy (non-hydrogen) atoms. The molecule has 2 N–H and O–H groups in total. The lowest BCUT2D eigenvalue weighted by Crippen LogP contribution is -2.35. The Labute approximate surface area is 114 Å². The van der Waals surface area contributed by atoms with Gasteiger partial charge in [0, 0.05) is 6.54 Å². The zero-order valence-electron chi connectivity index (χ0n) is 11.7. The van der Waals surface area contributed by atoms with Crippen molar-refractivity contribution in [3.8, 4) is 5.75 Å². The van der Waals surface area contributed by atoms with Crippen LogP contribution in [0.1, 0.15) is 26.7 Å². The van der Waals surface area contributed by atoms with E-state index in [0.717, 1.165) is 37.4 Å². The number of hydrogen-bond acceptors (Lipinski definition) is 3. The molecule has 1 saturated heterocycles. The molecule has 1 aromatic rings. The lowest BCUT2D eigenvalue weighted by atomic mass is 9.88. The molecule has 0 spiro atoms. The van der Waals surface area contributed by atoms with Crippen LogP contribution in [0, 0.1) is 5.41 Å². The van der Waals surface area contributed by atoms with E-state index in [4.69, 9.17) is 4.74 Å². The van der Waals surface area contributed by atoms with Gasteiger partial charge >= 0.3 is 0 Å². The quantitative estimate of drug-likeness (QED) is 0.856. The van der Waals surface area contributed by atoms with Gasteiger partial charge in [-0.15, -0.1) is 0 Å². The summed E-state index contributed by atoms with van der Waals surface area (Å²) in [5, 5.41) is 6.23. The van der Waals surface area contributed by atoms with Crippen molar-refractivity contribution in [3.63, 3.8) is 0 Å². The predicted octanol–water partition coefficient (Wildman–Crippen LogP) is 2.41. The third kappa shape index (κ3) is 3.26. The van der Waals surface area contributed by atoms with Crippen LogP contribution in [0.4, 0.5) is 5.69 Å². The second-order valence-electron chi connectivity index (χ2n) is 5.29. The summed E-state index contributed by atoms with van der Waals surface area (Å²) in [4.78, 5) is 12.4. The Kier molecular flexibility index (Phi) is 4.43. The van der Waals surface area contributed by atoms with Gasteiger partial charge < -0.3 is 15.4 Å². The SMILES string of the molecule is CCCOc1ccccc1NC(=O)C1(C)CCNC1. The van der Waals surface area contributed by atoms with Gasteiger partial charge in [0.15, 0.2) is 0 Å². The fraction of sp³-hybridized carbons (Fsp3) is 0.533. The number of para-hydroxylation sites is 2. The maximum atomic E-state index is 12.4. The second kappa shape index (κ2) is 6.06. The van der Waals surface area contributed by atoms with Crippen LogP contribution in [-0.2, 0) is 4.79 Å². The van der Waals surface area contributed by atoms with Crippen LogP contribution in [-0.4, -0.2) is 25.6 Å². The average molecular weight is 262 g/mol. The normalized spacial score (nSPS) is 22.2. The summed E-state index contributed by atoms with van der Waals surface area (Å²) in [7, 11) is 0. The van der Waals surface area contributed by atoms with Crippen molar-refractivity contribution in [1.29, 1.82) is 0 Å². The van der Waals surface area contributed by atoms with Crippen LogP contribution in [0.25, 0.3) is 0 Å². The number of ether oxygens (including phenoxy) is 1. The molecule has 0 saturated carbocycles. The van der Waals surface area contributed by atoms with Crippen LogP contribution in [0.3, 0.4) is 0 Å². The molecule has 0 aliphatic carbocycles. The monoisotopic (exact) mass is 262 g/mol. The summed E-state index contributed by atoms with van der Waals surface area (Å²) in [6, 6.07) is 7.60. The van der Waals surface area contributed by atoms with Crippen molar-refractivity contribution >= 4 is 11.6 Å². The Morgan fingerprint density at radius 2 is 2.26 bits per heavy atom. The fourth-order valence-electron chi connectivity index (χ4n) is 2.19. The van der Waals surface area contributed by atoms with E-state index in [9.17, 15) is 4.79 Å². The number of benzene rings is 1. The van der Waals surface area contributed by atoms with Gasteiger partial charge in [0.05, 0.1) is 17.7 Å². The van der Waals surface area contributed by atoms with Gasteiger partial charge in [-0.05, 0) is 38.4 Å². The van der Waals surface area contributed by atoms with Gasteiger partial charge in [0.2, 0.25) is 5.91 Å². The molecule has 1 unspecified atom stereocenters. The highest BCUT2D eigenvalue weighted by atomic mass is 16.5. The van der Waals surface area contributed by atoms with Gasteiger partial charge in [-0.3, -0.25) is 4.79 Å². The van der Waals surface area contributed by atoms with Crippen LogP contribution in [0.5, 0.6) is 5.75 Å². The van der Waals surface area contributed by atoms with E-state index in [-0.39, 0.29) is 11.3 Å². The summed E-state index contributed by atoms with van der Waals surface area (Å²) < 4.78 is 5.65. The van der Waals surface area contributed by atoms with Gasteiger partial charge in [-0.1, -0.05) is 19.1 Å². The van der Waals surface area contributed by atoms with Crippen LogP contribution in [0.15, 0.2) is 24.3 Å². The Morgan fingerprint density at radius 3 is 2.95 bits per heavy atom. The number of anilines is 1. The number of rotatable bonds is 5. The molecule has 0 radical (unpaired) electrons. The smallest absolute Gasteiger partial charge is 0.231 e. The van der Waals surface area contributed by atoms with E-state index in [0.29, 0.717) is 6.61 Å². The molecule has 1 aromatic carbocycles. The Bertz CT molecular complexity index is 440. The minimum absolute atomic E-state index is 0.0602. The van der Waals surface area contributed by atoms with Gasteiger partial charge in [-0.2, -0.15) is 0 Å². The highest BCUT2D eigenvalue weighted by Crippen LogP contribution is 2.29. The zero-order valence-corrected chi connectivity index (χ0v) is 11.7. The van der Waals surface area contributed by atoms with Gasteiger partial charge in [0.1, 0.15) is 5.75 Å². The summed E-state index contributed by atoms with van der Waals surface area (Å²) in [5.41, 5.74) is 0.437. The number of carbonyl (C=O) groups is 1. The van der Waals surface area contributed by atoms with E-state index < -0.39 is 0 Å². The summed E-state index contributed by atoms with van der Waals surface area (Å²) in [5.74, 6) is 0.803. The third-order valence-corrected chi connectivity index (χ3v) is 3.51. The maximum Gasteiger partial charge on any atom is 0.231 e. The molecule has 104 valence electrons. The highest BCUT2D eigenvalue weighted by Gasteiger charge is 2.36. The van der Waals surface area contributed by atoms with Crippen molar-refractivity contribution in [2.45, 2.75) is 26.7 Å². The maximum absolute atomic E-state index is 12.4. The average Bonchev–Trinajstić information content (AvgIpc) is 2.86. The molecule has 1 heterocycles. The minimum atomic E-state index is -0.322. The molecule has 1 atom stereocenters. The largest absolute Gasteiger partial charge is 0.491 e. The molecule has 1 aliphatic rings. The van der Waals surface area contributed by atoms with Crippen LogP contribution >= 0.6 is 0 Å². The van der Waals surface area contributed by atoms with Crippen molar-refractivity contribution in [2.75, 3.05) is 25.0 Å². The number of amides is 1. The molecule has 4 nitrogen and oxygen atoms in total. The van der Waals surface area contributed by atoms with E-state index in [1.165, 1.54) is 0 Å². The van der Waals surface area contributed by atoms with Gasteiger partial charge in [-0.25, -0.2) is 0 Å². The first-order valence-corrected chi connectivity index (χ1v) is 6.90. The molecule has 2 rings (SSSR count). The topological polar surface area (TPSA) is 50.4 Å². The fourth-order valence-corrected chi connectivity index (χ4v) is 2.19. The molecule has 0 aromatic heterocycles. The van der Waals surface area contributed by atoms with E-state index in [1.54, 1.807) is 0 Å². The Hall–Kier alpha value is -1.55. The molecule has 4 heteroatoms. The third-order valence-electron chi connectivity index (χ3n) is 3.51. The first kappa shape index (κ1) is 13.9. The molecule has 1 aliphatic heterocycles.